The summed E-state index contributed by atoms with van der Waals surface area (Å²) in [6.45, 7) is 6.53. The number of aryl methyl sites for hydroxylation is 1. The Morgan fingerprint density at radius 3 is 2.81 bits per heavy atom. The number of hydrogen-bond acceptors (Lipinski definition) is 2. The van der Waals surface area contributed by atoms with Crippen molar-refractivity contribution >= 4 is 21.6 Å². The Hall–Kier alpha value is -0.900. The third-order valence-corrected chi connectivity index (χ3v) is 4.11. The molecular formula is C12H16BrN3. The third-order valence-electron chi connectivity index (χ3n) is 2.72. The summed E-state index contributed by atoms with van der Waals surface area (Å²) in [4.78, 5) is 4.70. The van der Waals surface area contributed by atoms with Crippen molar-refractivity contribution in [1.29, 1.82) is 0 Å². The number of aromatic nitrogens is 3. The van der Waals surface area contributed by atoms with E-state index in [-0.39, 0.29) is 0 Å². The van der Waals surface area contributed by atoms with E-state index in [9.17, 15) is 0 Å². The molecule has 0 N–H and O–H groups in total. The average molecular weight is 282 g/mol. The first-order chi connectivity index (χ1) is 7.58. The van der Waals surface area contributed by atoms with E-state index in [1.54, 1.807) is 6.33 Å². The minimum Gasteiger partial charge on any atom is -0.218 e. The van der Waals surface area contributed by atoms with Crippen molar-refractivity contribution in [2.75, 3.05) is 0 Å². The summed E-state index contributed by atoms with van der Waals surface area (Å²) < 4.78 is 1.92. The Labute approximate surface area is 104 Å². The van der Waals surface area contributed by atoms with Gasteiger partial charge in [0.15, 0.2) is 5.65 Å². The van der Waals surface area contributed by atoms with Crippen LogP contribution in [-0.2, 0) is 6.42 Å². The summed E-state index contributed by atoms with van der Waals surface area (Å²) in [7, 11) is 0. The van der Waals surface area contributed by atoms with Gasteiger partial charge in [0.1, 0.15) is 6.33 Å². The van der Waals surface area contributed by atoms with Crippen molar-refractivity contribution in [2.45, 2.75) is 32.0 Å². The first-order valence-electron chi connectivity index (χ1n) is 5.51. The summed E-state index contributed by atoms with van der Waals surface area (Å²) in [6, 6.07) is 4.23. The van der Waals surface area contributed by atoms with Gasteiger partial charge >= 0.3 is 0 Å². The van der Waals surface area contributed by atoms with Gasteiger partial charge in [-0.2, -0.15) is 5.10 Å². The van der Waals surface area contributed by atoms with Crippen molar-refractivity contribution in [3.05, 3.63) is 29.7 Å². The second kappa shape index (κ2) is 4.53. The standard InChI is InChI=1S/C12H16BrN3/c1-8(2)11(13)6-10-4-9(3)5-12-14-7-15-16(10)12/h4-5,7-8,11H,6H2,1-3H3. The summed E-state index contributed by atoms with van der Waals surface area (Å²) in [6.07, 6.45) is 2.58. The van der Waals surface area contributed by atoms with E-state index in [4.69, 9.17) is 0 Å². The van der Waals surface area contributed by atoms with E-state index < -0.39 is 0 Å². The number of hydrogen-bond donors (Lipinski definition) is 0. The maximum atomic E-state index is 4.26. The first kappa shape index (κ1) is 11.6. The van der Waals surface area contributed by atoms with Crippen molar-refractivity contribution in [1.82, 2.24) is 14.6 Å². The molecule has 0 aromatic carbocycles. The molecule has 0 saturated heterocycles. The molecule has 1 atom stereocenters. The number of halogens is 1. The van der Waals surface area contributed by atoms with Crippen LogP contribution in [0.2, 0.25) is 0 Å². The molecule has 2 aromatic rings. The normalized spacial score (nSPS) is 13.6. The predicted molar refractivity (Wildman–Crippen MR) is 69.0 cm³/mol. The highest BCUT2D eigenvalue weighted by Gasteiger charge is 2.13. The number of rotatable bonds is 3. The SMILES string of the molecule is Cc1cc(CC(Br)C(C)C)n2ncnc2c1. The fraction of sp³-hybridized carbons (Fsp3) is 0.500. The molecule has 0 radical (unpaired) electrons. The van der Waals surface area contributed by atoms with E-state index in [0.717, 1.165) is 12.1 Å². The van der Waals surface area contributed by atoms with Crippen LogP contribution in [-0.4, -0.2) is 19.4 Å². The summed E-state index contributed by atoms with van der Waals surface area (Å²) in [5, 5.41) is 4.26. The maximum Gasteiger partial charge on any atom is 0.155 e. The molecule has 0 spiro atoms. The average Bonchev–Trinajstić information content (AvgIpc) is 2.65. The zero-order valence-electron chi connectivity index (χ0n) is 9.81. The second-order valence-corrected chi connectivity index (χ2v) is 5.69. The van der Waals surface area contributed by atoms with Crippen LogP contribution in [0.4, 0.5) is 0 Å². The number of pyridine rings is 1. The Bertz CT molecular complexity index is 490. The summed E-state index contributed by atoms with van der Waals surface area (Å²) in [5.74, 6) is 0.610. The zero-order valence-corrected chi connectivity index (χ0v) is 11.4. The molecule has 0 saturated carbocycles. The third kappa shape index (κ3) is 2.26. The first-order valence-corrected chi connectivity index (χ1v) is 6.43. The van der Waals surface area contributed by atoms with Gasteiger partial charge in [-0.25, -0.2) is 9.50 Å². The highest BCUT2D eigenvalue weighted by atomic mass is 79.9. The molecule has 86 valence electrons. The van der Waals surface area contributed by atoms with Gasteiger partial charge < -0.3 is 0 Å². The van der Waals surface area contributed by atoms with Gasteiger partial charge in [0, 0.05) is 16.9 Å². The molecule has 0 amide bonds. The van der Waals surface area contributed by atoms with Crippen LogP contribution in [0.5, 0.6) is 0 Å². The Morgan fingerprint density at radius 2 is 2.12 bits per heavy atom. The largest absolute Gasteiger partial charge is 0.218 e. The Balaban J connectivity index is 2.39. The lowest BCUT2D eigenvalue weighted by atomic mass is 10.1. The van der Waals surface area contributed by atoms with Crippen LogP contribution in [0.15, 0.2) is 18.5 Å². The van der Waals surface area contributed by atoms with Crippen molar-refractivity contribution in [2.24, 2.45) is 5.92 Å². The lowest BCUT2D eigenvalue weighted by Crippen LogP contribution is -2.13. The molecular weight excluding hydrogens is 266 g/mol. The van der Waals surface area contributed by atoms with Crippen molar-refractivity contribution < 1.29 is 0 Å². The van der Waals surface area contributed by atoms with Crippen molar-refractivity contribution in [3.63, 3.8) is 0 Å². The van der Waals surface area contributed by atoms with E-state index >= 15 is 0 Å². The molecule has 2 aromatic heterocycles. The monoisotopic (exact) mass is 281 g/mol. The van der Waals surface area contributed by atoms with E-state index in [1.807, 2.05) is 4.52 Å². The Morgan fingerprint density at radius 1 is 1.38 bits per heavy atom. The van der Waals surface area contributed by atoms with Crippen LogP contribution < -0.4 is 0 Å². The van der Waals surface area contributed by atoms with Crippen LogP contribution in [0, 0.1) is 12.8 Å². The summed E-state index contributed by atoms with van der Waals surface area (Å²) >= 11 is 3.72. The number of alkyl halides is 1. The lowest BCUT2D eigenvalue weighted by Gasteiger charge is -2.14. The van der Waals surface area contributed by atoms with Gasteiger partial charge in [-0.15, -0.1) is 0 Å². The quantitative estimate of drug-likeness (QED) is 0.810. The molecule has 0 aliphatic rings. The van der Waals surface area contributed by atoms with Gasteiger partial charge in [0.05, 0.1) is 0 Å². The zero-order chi connectivity index (χ0) is 11.7. The fourth-order valence-electron chi connectivity index (χ4n) is 1.72. The molecule has 0 bridgehead atoms. The number of fused-ring (bicyclic) bond motifs is 1. The maximum absolute atomic E-state index is 4.26. The van der Waals surface area contributed by atoms with E-state index in [1.165, 1.54) is 11.3 Å². The molecule has 16 heavy (non-hydrogen) atoms. The highest BCUT2D eigenvalue weighted by Crippen LogP contribution is 2.19. The van der Waals surface area contributed by atoms with Crippen LogP contribution in [0.25, 0.3) is 5.65 Å². The van der Waals surface area contributed by atoms with Gasteiger partial charge in [0.2, 0.25) is 0 Å². The van der Waals surface area contributed by atoms with Crippen LogP contribution in [0.3, 0.4) is 0 Å². The molecule has 2 heterocycles. The van der Waals surface area contributed by atoms with Gasteiger partial charge in [-0.05, 0) is 30.5 Å². The Kier molecular flexibility index (Phi) is 3.28. The predicted octanol–water partition coefficient (Wildman–Crippen LogP) is 3.00. The molecule has 0 fully saturated rings. The molecule has 0 aliphatic carbocycles. The molecule has 0 aliphatic heterocycles. The summed E-state index contributed by atoms with van der Waals surface area (Å²) in [5.41, 5.74) is 3.38. The highest BCUT2D eigenvalue weighted by molar-refractivity contribution is 9.09. The van der Waals surface area contributed by atoms with Gasteiger partial charge in [-0.1, -0.05) is 29.8 Å². The fourth-order valence-corrected chi connectivity index (χ4v) is 2.05. The minimum absolute atomic E-state index is 0.474. The molecule has 4 heteroatoms. The van der Waals surface area contributed by atoms with E-state index in [0.29, 0.717) is 10.7 Å². The molecule has 2 rings (SSSR count). The topological polar surface area (TPSA) is 30.2 Å². The lowest BCUT2D eigenvalue weighted by molar-refractivity contribution is 0.600. The second-order valence-electron chi connectivity index (χ2n) is 4.52. The van der Waals surface area contributed by atoms with Crippen molar-refractivity contribution in [3.8, 4) is 0 Å². The molecule has 3 nitrogen and oxygen atoms in total. The minimum atomic E-state index is 0.474. The number of nitrogens with zero attached hydrogens (tertiary/aromatic N) is 3. The van der Waals surface area contributed by atoms with Crippen LogP contribution in [0.1, 0.15) is 25.1 Å². The van der Waals surface area contributed by atoms with Gasteiger partial charge in [0.25, 0.3) is 0 Å². The van der Waals surface area contributed by atoms with Gasteiger partial charge in [-0.3, -0.25) is 0 Å². The smallest absolute Gasteiger partial charge is 0.155 e. The molecule has 1 unspecified atom stereocenters. The van der Waals surface area contributed by atoms with Crippen LogP contribution >= 0.6 is 15.9 Å². The van der Waals surface area contributed by atoms with E-state index in [2.05, 4.69) is 58.9 Å².